The molecule has 0 aliphatic rings. The lowest BCUT2D eigenvalue weighted by molar-refractivity contribution is -0.113. The molecule has 0 bridgehead atoms. The lowest BCUT2D eigenvalue weighted by atomic mass is 10.1. The van der Waals surface area contributed by atoms with Crippen molar-refractivity contribution in [2.45, 2.75) is 44.9 Å². The Morgan fingerprint density at radius 1 is 1.08 bits per heavy atom. The fourth-order valence-corrected chi connectivity index (χ4v) is 5.10. The molecule has 0 saturated heterocycles. The van der Waals surface area contributed by atoms with Crippen molar-refractivity contribution in [2.75, 3.05) is 30.2 Å². The number of nitrogens with zero attached hydrogens (tertiary/aromatic N) is 3. The van der Waals surface area contributed by atoms with Crippen LogP contribution in [-0.2, 0) is 11.3 Å². The van der Waals surface area contributed by atoms with E-state index in [1.807, 2.05) is 43.7 Å². The molecule has 3 rings (SSSR count). The summed E-state index contributed by atoms with van der Waals surface area (Å²) < 4.78 is 7.15. The van der Waals surface area contributed by atoms with Crippen molar-refractivity contribution in [3.05, 3.63) is 65.0 Å². The lowest BCUT2D eigenvalue weighted by Crippen LogP contribution is -2.31. The highest BCUT2D eigenvalue weighted by molar-refractivity contribution is 7.99. The van der Waals surface area contributed by atoms with Crippen molar-refractivity contribution >= 4 is 41.0 Å². The van der Waals surface area contributed by atoms with E-state index in [9.17, 15) is 9.59 Å². The van der Waals surface area contributed by atoms with Crippen molar-refractivity contribution in [1.82, 2.24) is 20.1 Å². The molecule has 0 aliphatic carbocycles. The van der Waals surface area contributed by atoms with Crippen LogP contribution in [0.4, 0.5) is 5.69 Å². The minimum atomic E-state index is -0.307. The van der Waals surface area contributed by atoms with Gasteiger partial charge in [-0.05, 0) is 86.7 Å². The third-order valence-electron chi connectivity index (χ3n) is 5.48. The summed E-state index contributed by atoms with van der Waals surface area (Å²) in [4.78, 5) is 25.5. The fraction of sp³-hybridized carbons (Fsp3) is 0.385. The number of carbonyl (C=O) groups excluding carboxylic acids is 2. The number of aryl methyl sites for hydroxylation is 2. The number of ether oxygens (including phenoxy) is 1. The van der Waals surface area contributed by atoms with Crippen molar-refractivity contribution in [3.63, 3.8) is 0 Å². The van der Waals surface area contributed by atoms with Crippen LogP contribution in [0.15, 0.2) is 47.6 Å². The zero-order chi connectivity index (χ0) is 26.1. The topological polar surface area (TPSA) is 98.1 Å². The van der Waals surface area contributed by atoms with Gasteiger partial charge in [0.05, 0.1) is 18.9 Å². The number of rotatable bonds is 12. The number of carbonyl (C=O) groups is 2. The Bertz CT molecular complexity index is 1160. The predicted molar refractivity (Wildman–Crippen MR) is 147 cm³/mol. The molecule has 1 atom stereocenters. The van der Waals surface area contributed by atoms with E-state index in [1.54, 1.807) is 43.1 Å². The number of nitrogens with one attached hydrogen (secondary N) is 2. The predicted octanol–water partition coefficient (Wildman–Crippen LogP) is 4.88. The van der Waals surface area contributed by atoms with Crippen LogP contribution in [0.3, 0.4) is 0 Å². The first-order valence-corrected chi connectivity index (χ1v) is 14.1. The number of hydrogen-bond donors (Lipinski definition) is 2. The Labute approximate surface area is 221 Å². The van der Waals surface area contributed by atoms with Crippen molar-refractivity contribution in [3.8, 4) is 5.75 Å². The van der Waals surface area contributed by atoms with Gasteiger partial charge in [0.2, 0.25) is 5.91 Å². The smallest absolute Gasteiger partial charge is 0.251 e. The molecular weight excluding hydrogens is 494 g/mol. The van der Waals surface area contributed by atoms with E-state index in [-0.39, 0.29) is 23.6 Å². The standard InChI is InChI=1S/C26H33N5O3S2/c1-6-31-24(22(11-12-35-5)28-25(33)19-7-9-21(34-4)10-8-19)29-30-26(31)36-16-23(32)27-20-14-17(2)13-18(3)15-20/h7-10,13-15,22H,6,11-12,16H2,1-5H3,(H,27,32)(H,28,33). The Morgan fingerprint density at radius 2 is 1.78 bits per heavy atom. The minimum Gasteiger partial charge on any atom is -0.497 e. The average molecular weight is 528 g/mol. The SMILES string of the molecule is CCn1c(SCC(=O)Nc2cc(C)cc(C)c2)nnc1C(CCSC)NC(=O)c1ccc(OC)cc1. The summed E-state index contributed by atoms with van der Waals surface area (Å²) >= 11 is 3.04. The first-order valence-electron chi connectivity index (χ1n) is 11.7. The van der Waals surface area contributed by atoms with Gasteiger partial charge in [0.15, 0.2) is 11.0 Å². The Hall–Kier alpha value is -2.98. The van der Waals surface area contributed by atoms with E-state index < -0.39 is 0 Å². The second-order valence-electron chi connectivity index (χ2n) is 8.33. The van der Waals surface area contributed by atoms with E-state index in [0.717, 1.165) is 22.6 Å². The third-order valence-corrected chi connectivity index (χ3v) is 7.09. The molecule has 36 heavy (non-hydrogen) atoms. The molecule has 2 amide bonds. The van der Waals surface area contributed by atoms with Gasteiger partial charge in [-0.1, -0.05) is 17.8 Å². The second-order valence-corrected chi connectivity index (χ2v) is 10.3. The van der Waals surface area contributed by atoms with Gasteiger partial charge < -0.3 is 19.9 Å². The maximum absolute atomic E-state index is 13.0. The lowest BCUT2D eigenvalue weighted by Gasteiger charge is -2.19. The molecule has 1 aromatic heterocycles. The monoisotopic (exact) mass is 527 g/mol. The highest BCUT2D eigenvalue weighted by Gasteiger charge is 2.23. The average Bonchev–Trinajstić information content (AvgIpc) is 3.27. The van der Waals surface area contributed by atoms with Crippen molar-refractivity contribution < 1.29 is 14.3 Å². The summed E-state index contributed by atoms with van der Waals surface area (Å²) in [7, 11) is 1.59. The van der Waals surface area contributed by atoms with Crippen LogP contribution in [0.2, 0.25) is 0 Å². The first kappa shape index (κ1) is 27.6. The molecule has 8 nitrogen and oxygen atoms in total. The molecule has 192 valence electrons. The van der Waals surface area contributed by atoms with Gasteiger partial charge in [-0.15, -0.1) is 10.2 Å². The third kappa shape index (κ3) is 7.51. The Kier molecular flexibility index (Phi) is 10.2. The molecule has 0 spiro atoms. The van der Waals surface area contributed by atoms with Gasteiger partial charge in [0.1, 0.15) is 5.75 Å². The molecule has 3 aromatic rings. The van der Waals surface area contributed by atoms with Gasteiger partial charge in [-0.2, -0.15) is 11.8 Å². The molecule has 2 N–H and O–H groups in total. The van der Waals surface area contributed by atoms with Crippen LogP contribution in [0, 0.1) is 13.8 Å². The van der Waals surface area contributed by atoms with Gasteiger partial charge >= 0.3 is 0 Å². The van der Waals surface area contributed by atoms with E-state index in [2.05, 4.69) is 26.9 Å². The molecule has 2 aromatic carbocycles. The summed E-state index contributed by atoms with van der Waals surface area (Å²) in [5, 5.41) is 15.5. The normalized spacial score (nSPS) is 11.7. The number of benzene rings is 2. The minimum absolute atomic E-state index is 0.107. The van der Waals surface area contributed by atoms with Gasteiger partial charge in [0.25, 0.3) is 5.91 Å². The van der Waals surface area contributed by atoms with Crippen LogP contribution >= 0.6 is 23.5 Å². The van der Waals surface area contributed by atoms with E-state index in [4.69, 9.17) is 4.74 Å². The fourth-order valence-electron chi connectivity index (χ4n) is 3.82. The Balaban J connectivity index is 1.71. The summed E-state index contributed by atoms with van der Waals surface area (Å²) in [6.45, 7) is 6.63. The molecule has 0 aliphatic heterocycles. The van der Waals surface area contributed by atoms with Crippen LogP contribution in [0.5, 0.6) is 5.75 Å². The molecule has 0 fully saturated rings. The van der Waals surface area contributed by atoms with E-state index >= 15 is 0 Å². The highest BCUT2D eigenvalue weighted by atomic mass is 32.2. The summed E-state index contributed by atoms with van der Waals surface area (Å²) in [5.41, 5.74) is 3.53. The van der Waals surface area contributed by atoms with E-state index in [1.165, 1.54) is 11.8 Å². The molecule has 0 radical (unpaired) electrons. The van der Waals surface area contributed by atoms with Gasteiger partial charge in [-0.3, -0.25) is 9.59 Å². The molecule has 10 heteroatoms. The number of amides is 2. The van der Waals surface area contributed by atoms with Crippen molar-refractivity contribution in [2.24, 2.45) is 0 Å². The summed E-state index contributed by atoms with van der Waals surface area (Å²) in [6, 6.07) is 12.7. The summed E-state index contributed by atoms with van der Waals surface area (Å²) in [5.74, 6) is 2.15. The number of anilines is 1. The van der Waals surface area contributed by atoms with Gasteiger partial charge in [-0.25, -0.2) is 0 Å². The summed E-state index contributed by atoms with van der Waals surface area (Å²) in [6.07, 6.45) is 2.74. The van der Waals surface area contributed by atoms with Crippen molar-refractivity contribution in [1.29, 1.82) is 0 Å². The molecular formula is C26H33N5O3S2. The number of aromatic nitrogens is 3. The van der Waals surface area contributed by atoms with Gasteiger partial charge in [0, 0.05) is 17.8 Å². The van der Waals surface area contributed by atoms with Crippen LogP contribution in [0.25, 0.3) is 0 Å². The zero-order valence-corrected chi connectivity index (χ0v) is 23.0. The Morgan fingerprint density at radius 3 is 2.39 bits per heavy atom. The van der Waals surface area contributed by atoms with Crippen LogP contribution in [-0.4, -0.2) is 51.5 Å². The molecule has 1 unspecified atom stereocenters. The highest BCUT2D eigenvalue weighted by Crippen LogP contribution is 2.24. The number of hydrogen-bond acceptors (Lipinski definition) is 7. The largest absolute Gasteiger partial charge is 0.497 e. The quantitative estimate of drug-likeness (QED) is 0.324. The number of thioether (sulfide) groups is 2. The zero-order valence-electron chi connectivity index (χ0n) is 21.3. The number of methoxy groups -OCH3 is 1. The second kappa shape index (κ2) is 13.4. The van der Waals surface area contributed by atoms with Crippen LogP contribution in [0.1, 0.15) is 46.7 Å². The maximum Gasteiger partial charge on any atom is 0.251 e. The van der Waals surface area contributed by atoms with Crippen LogP contribution < -0.4 is 15.4 Å². The molecule has 0 saturated carbocycles. The first-order chi connectivity index (χ1) is 17.3. The van der Waals surface area contributed by atoms with E-state index in [0.29, 0.717) is 35.3 Å². The molecule has 1 heterocycles. The maximum atomic E-state index is 13.0.